The summed E-state index contributed by atoms with van der Waals surface area (Å²) < 4.78 is 28.7. The molecule has 1 aromatic carbocycles. The van der Waals surface area contributed by atoms with Crippen LogP contribution >= 0.6 is 43.2 Å². The Morgan fingerprint density at radius 2 is 1.82 bits per heavy atom. The van der Waals surface area contributed by atoms with Gasteiger partial charge in [-0.3, -0.25) is 9.52 Å². The number of hydrogen-bond acceptors (Lipinski definition) is 4. The Labute approximate surface area is 149 Å². The fraction of sp³-hybridized carbons (Fsp3) is 0.154. The lowest BCUT2D eigenvalue weighted by Gasteiger charge is -2.15. The van der Waals surface area contributed by atoms with E-state index in [9.17, 15) is 13.2 Å². The van der Waals surface area contributed by atoms with E-state index in [2.05, 4.69) is 36.6 Å². The van der Waals surface area contributed by atoms with Gasteiger partial charge in [0, 0.05) is 29.8 Å². The highest BCUT2D eigenvalue weighted by Crippen LogP contribution is 2.35. The Morgan fingerprint density at radius 3 is 2.27 bits per heavy atom. The molecular weight excluding hydrogens is 456 g/mol. The fourth-order valence-corrected chi connectivity index (χ4v) is 5.48. The second-order valence-electron chi connectivity index (χ2n) is 4.42. The summed E-state index contributed by atoms with van der Waals surface area (Å²) in [5.74, 6) is -0.0957. The Kier molecular flexibility index (Phi) is 5.31. The van der Waals surface area contributed by atoms with E-state index in [1.165, 1.54) is 17.9 Å². The Morgan fingerprint density at radius 1 is 1.23 bits per heavy atom. The maximum atomic E-state index is 12.3. The van der Waals surface area contributed by atoms with Gasteiger partial charge in [0.15, 0.2) is 0 Å². The van der Waals surface area contributed by atoms with Crippen molar-refractivity contribution in [3.05, 3.63) is 38.6 Å². The molecule has 5 nitrogen and oxygen atoms in total. The van der Waals surface area contributed by atoms with Gasteiger partial charge in [-0.15, -0.1) is 11.3 Å². The van der Waals surface area contributed by atoms with Crippen molar-refractivity contribution in [2.75, 3.05) is 16.7 Å². The molecule has 9 heteroatoms. The third-order valence-corrected chi connectivity index (χ3v) is 7.98. The second-order valence-corrected chi connectivity index (χ2v) is 9.55. The Hall–Kier alpha value is -0.900. The second kappa shape index (κ2) is 6.69. The van der Waals surface area contributed by atoms with Crippen LogP contribution in [0, 0.1) is 0 Å². The van der Waals surface area contributed by atoms with Crippen LogP contribution in [0.2, 0.25) is 0 Å². The first-order valence-electron chi connectivity index (χ1n) is 6.03. The zero-order valence-corrected chi connectivity index (χ0v) is 16.4. The molecule has 0 bridgehead atoms. The highest BCUT2D eigenvalue weighted by atomic mass is 79.9. The van der Waals surface area contributed by atoms with E-state index in [4.69, 9.17) is 0 Å². The highest BCUT2D eigenvalue weighted by molar-refractivity contribution is 9.13. The molecule has 0 spiro atoms. The zero-order chi connectivity index (χ0) is 16.5. The maximum Gasteiger partial charge on any atom is 0.271 e. The zero-order valence-electron chi connectivity index (χ0n) is 11.6. The lowest BCUT2D eigenvalue weighted by atomic mass is 10.2. The van der Waals surface area contributed by atoms with Crippen molar-refractivity contribution >= 4 is 70.5 Å². The molecule has 0 atom stereocenters. The molecule has 0 fully saturated rings. The van der Waals surface area contributed by atoms with Gasteiger partial charge in [-0.1, -0.05) is 0 Å². The SMILES string of the molecule is CC(=O)N(C)c1ccc(NS(=O)(=O)c2cc(Br)c(Br)s2)cc1. The van der Waals surface area contributed by atoms with Crippen molar-refractivity contribution in [3.8, 4) is 0 Å². The van der Waals surface area contributed by atoms with E-state index < -0.39 is 10.0 Å². The lowest BCUT2D eigenvalue weighted by molar-refractivity contribution is -0.116. The van der Waals surface area contributed by atoms with Gasteiger partial charge in [0.25, 0.3) is 10.0 Å². The summed E-state index contributed by atoms with van der Waals surface area (Å²) in [6.45, 7) is 1.46. The molecule has 2 rings (SSSR count). The number of nitrogens with zero attached hydrogens (tertiary/aromatic N) is 1. The number of hydrogen-bond donors (Lipinski definition) is 1. The van der Waals surface area contributed by atoms with Crippen LogP contribution in [0.5, 0.6) is 0 Å². The topological polar surface area (TPSA) is 66.5 Å². The van der Waals surface area contributed by atoms with Crippen LogP contribution in [0.1, 0.15) is 6.92 Å². The molecule has 1 aromatic heterocycles. The minimum absolute atomic E-state index is 0.0957. The molecule has 1 heterocycles. The van der Waals surface area contributed by atoms with Crippen molar-refractivity contribution in [2.24, 2.45) is 0 Å². The standard InChI is InChI=1S/C13H12Br2N2O3S2/c1-8(18)17(2)10-5-3-9(4-6-10)16-22(19,20)12-7-11(14)13(15)21-12/h3-7,16H,1-2H3. The summed E-state index contributed by atoms with van der Waals surface area (Å²) in [6, 6.07) is 8.13. The molecule has 2 aromatic rings. The molecule has 0 saturated carbocycles. The number of rotatable bonds is 4. The number of benzene rings is 1. The Balaban J connectivity index is 2.21. The summed E-state index contributed by atoms with van der Waals surface area (Å²) >= 11 is 7.66. The molecule has 0 aliphatic rings. The van der Waals surface area contributed by atoms with Crippen LogP contribution in [0.15, 0.2) is 42.8 Å². The van der Waals surface area contributed by atoms with E-state index in [1.54, 1.807) is 31.3 Å². The van der Waals surface area contributed by atoms with Gasteiger partial charge >= 0.3 is 0 Å². The highest BCUT2D eigenvalue weighted by Gasteiger charge is 2.19. The molecule has 0 saturated heterocycles. The molecule has 1 N–H and O–H groups in total. The number of sulfonamides is 1. The molecule has 22 heavy (non-hydrogen) atoms. The first kappa shape index (κ1) is 17.5. The fourth-order valence-electron chi connectivity index (χ4n) is 1.60. The monoisotopic (exact) mass is 466 g/mol. The van der Waals surface area contributed by atoms with Crippen molar-refractivity contribution in [1.29, 1.82) is 0 Å². The molecule has 1 amide bonds. The number of carbonyl (C=O) groups excluding carboxylic acids is 1. The van der Waals surface area contributed by atoms with Gasteiger partial charge < -0.3 is 4.90 Å². The van der Waals surface area contributed by atoms with Crippen LogP contribution in [0.3, 0.4) is 0 Å². The number of amides is 1. The third kappa shape index (κ3) is 3.89. The van der Waals surface area contributed by atoms with Crippen LogP contribution in [0.25, 0.3) is 0 Å². The smallest absolute Gasteiger partial charge is 0.271 e. The van der Waals surface area contributed by atoms with E-state index in [0.717, 1.165) is 11.3 Å². The lowest BCUT2D eigenvalue weighted by Crippen LogP contribution is -2.22. The number of halogens is 2. The van der Waals surface area contributed by atoms with Gasteiger partial charge in [0.2, 0.25) is 5.91 Å². The van der Waals surface area contributed by atoms with E-state index in [-0.39, 0.29) is 10.1 Å². The first-order chi connectivity index (χ1) is 10.2. The number of anilines is 2. The third-order valence-electron chi connectivity index (χ3n) is 2.87. The number of nitrogens with one attached hydrogen (secondary N) is 1. The molecule has 0 radical (unpaired) electrons. The van der Waals surface area contributed by atoms with Gasteiger partial charge in [0.05, 0.1) is 3.79 Å². The number of thiophene rings is 1. The first-order valence-corrected chi connectivity index (χ1v) is 9.91. The molecular formula is C13H12Br2N2O3S2. The summed E-state index contributed by atoms with van der Waals surface area (Å²) in [5.41, 5.74) is 1.12. The predicted molar refractivity (Wildman–Crippen MR) is 96.1 cm³/mol. The molecule has 0 aliphatic heterocycles. The van der Waals surface area contributed by atoms with Crippen molar-refractivity contribution < 1.29 is 13.2 Å². The van der Waals surface area contributed by atoms with E-state index >= 15 is 0 Å². The summed E-state index contributed by atoms with van der Waals surface area (Å²) in [7, 11) is -1.98. The molecule has 0 aliphatic carbocycles. The van der Waals surface area contributed by atoms with Crippen LogP contribution in [-0.4, -0.2) is 21.4 Å². The summed E-state index contributed by atoms with van der Waals surface area (Å²) in [5, 5.41) is 0. The predicted octanol–water partition coefficient (Wildman–Crippen LogP) is 4.06. The number of carbonyl (C=O) groups is 1. The van der Waals surface area contributed by atoms with Crippen LogP contribution in [-0.2, 0) is 14.8 Å². The van der Waals surface area contributed by atoms with E-state index in [0.29, 0.717) is 19.6 Å². The van der Waals surface area contributed by atoms with Gasteiger partial charge in [-0.2, -0.15) is 0 Å². The van der Waals surface area contributed by atoms with Crippen LogP contribution < -0.4 is 9.62 Å². The minimum atomic E-state index is -3.64. The van der Waals surface area contributed by atoms with Gasteiger partial charge in [0.1, 0.15) is 4.21 Å². The average molecular weight is 468 g/mol. The van der Waals surface area contributed by atoms with Crippen molar-refractivity contribution in [2.45, 2.75) is 11.1 Å². The molecule has 118 valence electrons. The minimum Gasteiger partial charge on any atom is -0.316 e. The average Bonchev–Trinajstić information content (AvgIpc) is 2.79. The quantitative estimate of drug-likeness (QED) is 0.737. The van der Waals surface area contributed by atoms with Crippen molar-refractivity contribution in [3.63, 3.8) is 0 Å². The Bertz CT molecular complexity index is 782. The van der Waals surface area contributed by atoms with Crippen LogP contribution in [0.4, 0.5) is 11.4 Å². The summed E-state index contributed by atoms with van der Waals surface area (Å²) in [4.78, 5) is 12.8. The normalized spacial score (nSPS) is 11.3. The largest absolute Gasteiger partial charge is 0.316 e. The maximum absolute atomic E-state index is 12.3. The van der Waals surface area contributed by atoms with Gasteiger partial charge in [-0.25, -0.2) is 8.42 Å². The molecule has 0 unspecified atom stereocenters. The summed E-state index contributed by atoms with van der Waals surface area (Å²) in [6.07, 6.45) is 0. The van der Waals surface area contributed by atoms with Gasteiger partial charge in [-0.05, 0) is 62.2 Å². The van der Waals surface area contributed by atoms with Crippen molar-refractivity contribution in [1.82, 2.24) is 0 Å². The van der Waals surface area contributed by atoms with E-state index in [1.807, 2.05) is 0 Å².